The van der Waals surface area contributed by atoms with Crippen LogP contribution in [-0.2, 0) is 14.6 Å². The molecule has 0 bridgehead atoms. The van der Waals surface area contributed by atoms with E-state index in [1.165, 1.54) is 12.1 Å². The number of aliphatic hydroxyl groups is 1. The fraction of sp³-hybridized carbons (Fsp3) is 0.533. The highest BCUT2D eigenvalue weighted by Gasteiger charge is 2.21. The van der Waals surface area contributed by atoms with Gasteiger partial charge in [-0.3, -0.25) is 0 Å². The Bertz CT molecular complexity index is 613. The Labute approximate surface area is 125 Å². The third-order valence-corrected chi connectivity index (χ3v) is 5.35. The molecular weight excluding hydrogens is 290 g/mol. The summed E-state index contributed by atoms with van der Waals surface area (Å²) in [4.78, 5) is 0.157. The number of hydrogen-bond donors (Lipinski definition) is 1. The number of benzene rings is 1. The minimum absolute atomic E-state index is 0.0362. The van der Waals surface area contributed by atoms with E-state index in [1.54, 1.807) is 12.1 Å². The van der Waals surface area contributed by atoms with Gasteiger partial charge >= 0.3 is 0 Å². The van der Waals surface area contributed by atoms with Crippen molar-refractivity contribution in [2.75, 3.05) is 12.4 Å². The lowest BCUT2D eigenvalue weighted by atomic mass is 9.95. The number of nitrogens with zero attached hydrogens (tertiary/aromatic N) is 1. The molecule has 0 spiro atoms. The van der Waals surface area contributed by atoms with Crippen LogP contribution in [0.4, 0.5) is 0 Å². The second-order valence-electron chi connectivity index (χ2n) is 5.26. The largest absolute Gasteiger partial charge is 0.393 e. The first-order valence-corrected chi connectivity index (χ1v) is 8.69. The maximum absolute atomic E-state index is 12.2. The van der Waals surface area contributed by atoms with Crippen LogP contribution in [0.15, 0.2) is 29.2 Å². The smallest absolute Gasteiger partial charge is 0.180 e. The SMILES string of the molecule is N#Cc1cccc(S(=O)(=O)CCOC2CCC(O)CC2)c1. The normalized spacial score (nSPS) is 22.7. The van der Waals surface area contributed by atoms with Gasteiger partial charge in [-0.2, -0.15) is 5.26 Å². The predicted octanol–water partition coefficient (Wildman–Crippen LogP) is 1.65. The van der Waals surface area contributed by atoms with E-state index < -0.39 is 9.84 Å². The van der Waals surface area contributed by atoms with E-state index in [0.29, 0.717) is 18.4 Å². The summed E-state index contributed by atoms with van der Waals surface area (Å²) in [5, 5.41) is 18.2. The zero-order valence-electron chi connectivity index (χ0n) is 11.7. The Morgan fingerprint density at radius 1 is 1.29 bits per heavy atom. The lowest BCUT2D eigenvalue weighted by molar-refractivity contribution is 0.00332. The maximum Gasteiger partial charge on any atom is 0.180 e. The van der Waals surface area contributed by atoms with Gasteiger partial charge < -0.3 is 9.84 Å². The van der Waals surface area contributed by atoms with E-state index >= 15 is 0 Å². The zero-order valence-corrected chi connectivity index (χ0v) is 12.6. The summed E-state index contributed by atoms with van der Waals surface area (Å²) in [6.07, 6.45) is 2.75. The van der Waals surface area contributed by atoms with Crippen molar-refractivity contribution in [3.05, 3.63) is 29.8 Å². The first-order chi connectivity index (χ1) is 10.0. The molecular formula is C15H19NO4S. The number of aliphatic hydroxyl groups excluding tert-OH is 1. The summed E-state index contributed by atoms with van der Waals surface area (Å²) in [5.41, 5.74) is 0.332. The van der Waals surface area contributed by atoms with Crippen molar-refractivity contribution in [1.29, 1.82) is 5.26 Å². The van der Waals surface area contributed by atoms with E-state index in [-0.39, 0.29) is 29.5 Å². The average Bonchev–Trinajstić information content (AvgIpc) is 2.49. The summed E-state index contributed by atoms with van der Waals surface area (Å²) in [7, 11) is -3.43. The molecule has 0 aromatic heterocycles. The van der Waals surface area contributed by atoms with Gasteiger partial charge in [0.1, 0.15) is 0 Å². The highest BCUT2D eigenvalue weighted by molar-refractivity contribution is 7.91. The van der Waals surface area contributed by atoms with E-state index in [1.807, 2.05) is 6.07 Å². The second-order valence-corrected chi connectivity index (χ2v) is 7.37. The van der Waals surface area contributed by atoms with Crippen molar-refractivity contribution < 1.29 is 18.3 Å². The minimum Gasteiger partial charge on any atom is -0.393 e. The van der Waals surface area contributed by atoms with Gasteiger partial charge in [-0.25, -0.2) is 8.42 Å². The quantitative estimate of drug-likeness (QED) is 0.893. The molecule has 0 unspecified atom stereocenters. The van der Waals surface area contributed by atoms with Gasteiger partial charge in [0.15, 0.2) is 9.84 Å². The van der Waals surface area contributed by atoms with Crippen LogP contribution in [0.2, 0.25) is 0 Å². The molecule has 1 saturated carbocycles. The molecule has 114 valence electrons. The molecule has 1 aromatic rings. The van der Waals surface area contributed by atoms with Crippen molar-refractivity contribution in [2.45, 2.75) is 42.8 Å². The second kappa shape index (κ2) is 7.03. The minimum atomic E-state index is -3.43. The number of sulfone groups is 1. The van der Waals surface area contributed by atoms with Gasteiger partial charge in [-0.15, -0.1) is 0 Å². The summed E-state index contributed by atoms with van der Waals surface area (Å²) in [6, 6.07) is 7.94. The van der Waals surface area contributed by atoms with Crippen LogP contribution >= 0.6 is 0 Å². The van der Waals surface area contributed by atoms with Gasteiger partial charge in [0.25, 0.3) is 0 Å². The molecule has 2 rings (SSSR count). The molecule has 1 aliphatic rings. The molecule has 0 aliphatic heterocycles. The molecule has 1 N–H and O–H groups in total. The van der Waals surface area contributed by atoms with Crippen LogP contribution in [0.5, 0.6) is 0 Å². The molecule has 5 nitrogen and oxygen atoms in total. The van der Waals surface area contributed by atoms with Crippen LogP contribution in [0, 0.1) is 11.3 Å². The Kier molecular flexibility index (Phi) is 5.34. The predicted molar refractivity (Wildman–Crippen MR) is 77.4 cm³/mol. The topological polar surface area (TPSA) is 87.4 Å². The van der Waals surface area contributed by atoms with E-state index in [9.17, 15) is 13.5 Å². The lowest BCUT2D eigenvalue weighted by Crippen LogP contribution is -2.26. The zero-order chi connectivity index (χ0) is 15.3. The highest BCUT2D eigenvalue weighted by atomic mass is 32.2. The van der Waals surface area contributed by atoms with E-state index in [4.69, 9.17) is 10.00 Å². The summed E-state index contributed by atoms with van der Waals surface area (Å²) in [5.74, 6) is -0.0963. The fourth-order valence-corrected chi connectivity index (χ4v) is 3.56. The standard InChI is InChI=1S/C15H19NO4S/c16-11-12-2-1-3-15(10-12)21(18,19)9-8-20-14-6-4-13(17)5-7-14/h1-3,10,13-14,17H,4-9H2. The van der Waals surface area contributed by atoms with Gasteiger partial charge in [0.05, 0.1) is 41.1 Å². The molecule has 1 fully saturated rings. The number of rotatable bonds is 5. The molecule has 0 radical (unpaired) electrons. The van der Waals surface area contributed by atoms with Crippen molar-refractivity contribution in [2.24, 2.45) is 0 Å². The van der Waals surface area contributed by atoms with E-state index in [0.717, 1.165) is 12.8 Å². The van der Waals surface area contributed by atoms with Crippen molar-refractivity contribution >= 4 is 9.84 Å². The van der Waals surface area contributed by atoms with Gasteiger partial charge in [-0.1, -0.05) is 6.07 Å². The average molecular weight is 309 g/mol. The van der Waals surface area contributed by atoms with Gasteiger partial charge in [0.2, 0.25) is 0 Å². The fourth-order valence-electron chi connectivity index (χ4n) is 2.41. The summed E-state index contributed by atoms with van der Waals surface area (Å²) < 4.78 is 29.9. The molecule has 0 atom stereocenters. The van der Waals surface area contributed by atoms with Crippen LogP contribution in [-0.4, -0.2) is 38.1 Å². The molecule has 0 heterocycles. The molecule has 6 heteroatoms. The first-order valence-electron chi connectivity index (χ1n) is 7.04. The highest BCUT2D eigenvalue weighted by Crippen LogP contribution is 2.21. The maximum atomic E-state index is 12.2. The Hall–Kier alpha value is -1.42. The number of nitriles is 1. The van der Waals surface area contributed by atoms with E-state index in [2.05, 4.69) is 0 Å². The van der Waals surface area contributed by atoms with Crippen molar-refractivity contribution in [1.82, 2.24) is 0 Å². The van der Waals surface area contributed by atoms with Gasteiger partial charge in [0, 0.05) is 0 Å². The summed E-state index contributed by atoms with van der Waals surface area (Å²) in [6.45, 7) is 0.139. The molecule has 0 saturated heterocycles. The van der Waals surface area contributed by atoms with Crippen molar-refractivity contribution in [3.8, 4) is 6.07 Å². The lowest BCUT2D eigenvalue weighted by Gasteiger charge is -2.25. The number of hydrogen-bond acceptors (Lipinski definition) is 5. The Morgan fingerprint density at radius 3 is 2.67 bits per heavy atom. The van der Waals surface area contributed by atoms with Crippen molar-refractivity contribution in [3.63, 3.8) is 0 Å². The Balaban J connectivity index is 1.88. The molecule has 0 amide bonds. The molecule has 21 heavy (non-hydrogen) atoms. The Morgan fingerprint density at radius 2 is 2.00 bits per heavy atom. The monoisotopic (exact) mass is 309 g/mol. The molecule has 1 aromatic carbocycles. The third kappa shape index (κ3) is 4.53. The third-order valence-electron chi connectivity index (χ3n) is 3.67. The first kappa shape index (κ1) is 16.0. The van der Waals surface area contributed by atoms with Gasteiger partial charge in [-0.05, 0) is 43.9 Å². The van der Waals surface area contributed by atoms with Crippen LogP contribution in [0.25, 0.3) is 0 Å². The summed E-state index contributed by atoms with van der Waals surface area (Å²) >= 11 is 0. The molecule has 1 aliphatic carbocycles. The number of ether oxygens (including phenoxy) is 1. The van der Waals surface area contributed by atoms with Crippen LogP contribution in [0.1, 0.15) is 31.2 Å². The van der Waals surface area contributed by atoms with Crippen LogP contribution in [0.3, 0.4) is 0 Å². The van der Waals surface area contributed by atoms with Crippen LogP contribution < -0.4 is 0 Å².